The highest BCUT2D eigenvalue weighted by Gasteiger charge is 2.37. The predicted molar refractivity (Wildman–Crippen MR) is 113 cm³/mol. The van der Waals surface area contributed by atoms with Gasteiger partial charge in [-0.15, -0.1) is 0 Å². The van der Waals surface area contributed by atoms with Gasteiger partial charge < -0.3 is 9.64 Å². The zero-order valence-corrected chi connectivity index (χ0v) is 16.9. The van der Waals surface area contributed by atoms with Gasteiger partial charge in [0, 0.05) is 12.6 Å². The van der Waals surface area contributed by atoms with Gasteiger partial charge >= 0.3 is 6.09 Å². The standard InChI is InChI=1S/C22H28N2O2S/c1-3-14-26-22(25)24-13-12-20(23-27-2)21(24)16-17-8-7-11-19(15-17)18-9-5-4-6-10-18/h4-11,15,20-21,23H,3,12-14,16H2,1-2H3. The van der Waals surface area contributed by atoms with Crippen LogP contribution in [-0.2, 0) is 11.2 Å². The molecule has 2 unspecified atom stereocenters. The molecule has 0 bridgehead atoms. The third-order valence-electron chi connectivity index (χ3n) is 4.96. The Bertz CT molecular complexity index is 738. The van der Waals surface area contributed by atoms with Gasteiger partial charge in [-0.25, -0.2) is 4.79 Å². The van der Waals surface area contributed by atoms with Crippen molar-refractivity contribution in [2.45, 2.75) is 38.3 Å². The molecule has 0 saturated carbocycles. The molecule has 1 saturated heterocycles. The molecular weight excluding hydrogens is 356 g/mol. The molecule has 1 N–H and O–H groups in total. The number of carbonyl (C=O) groups is 1. The van der Waals surface area contributed by atoms with Crippen LogP contribution in [0.25, 0.3) is 11.1 Å². The fourth-order valence-corrected chi connectivity index (χ4v) is 4.22. The number of benzene rings is 2. The van der Waals surface area contributed by atoms with Crippen molar-refractivity contribution in [3.8, 4) is 11.1 Å². The van der Waals surface area contributed by atoms with Crippen LogP contribution in [0, 0.1) is 0 Å². The molecule has 0 aromatic heterocycles. The van der Waals surface area contributed by atoms with E-state index in [1.165, 1.54) is 16.7 Å². The third kappa shape index (κ3) is 5.05. The second-order valence-corrected chi connectivity index (χ2v) is 7.51. The Morgan fingerprint density at radius 3 is 2.70 bits per heavy atom. The first-order valence-corrected chi connectivity index (χ1v) is 10.8. The van der Waals surface area contributed by atoms with E-state index in [0.29, 0.717) is 6.61 Å². The summed E-state index contributed by atoms with van der Waals surface area (Å²) in [5.74, 6) is 0. The van der Waals surface area contributed by atoms with Crippen LogP contribution in [0.1, 0.15) is 25.3 Å². The zero-order chi connectivity index (χ0) is 19.1. The zero-order valence-electron chi connectivity index (χ0n) is 16.1. The van der Waals surface area contributed by atoms with Gasteiger partial charge in [-0.2, -0.15) is 0 Å². The monoisotopic (exact) mass is 384 g/mol. The Labute approximate surface area is 166 Å². The average molecular weight is 385 g/mol. The van der Waals surface area contributed by atoms with E-state index < -0.39 is 0 Å². The molecule has 0 aliphatic carbocycles. The van der Waals surface area contributed by atoms with Crippen LogP contribution in [0.15, 0.2) is 54.6 Å². The molecule has 27 heavy (non-hydrogen) atoms. The van der Waals surface area contributed by atoms with E-state index in [1.807, 2.05) is 24.1 Å². The molecule has 1 heterocycles. The Morgan fingerprint density at radius 2 is 1.96 bits per heavy atom. The lowest BCUT2D eigenvalue weighted by atomic mass is 9.97. The number of carbonyl (C=O) groups excluding carboxylic acids is 1. The summed E-state index contributed by atoms with van der Waals surface area (Å²) >= 11 is 1.62. The maximum absolute atomic E-state index is 12.5. The Balaban J connectivity index is 1.78. The van der Waals surface area contributed by atoms with E-state index in [-0.39, 0.29) is 18.2 Å². The van der Waals surface area contributed by atoms with Gasteiger partial charge in [0.2, 0.25) is 0 Å². The van der Waals surface area contributed by atoms with Gasteiger partial charge in [-0.05, 0) is 42.2 Å². The molecule has 144 valence electrons. The topological polar surface area (TPSA) is 41.6 Å². The number of likely N-dealkylation sites (tertiary alicyclic amines) is 1. The summed E-state index contributed by atoms with van der Waals surface area (Å²) in [7, 11) is 0. The van der Waals surface area contributed by atoms with Crippen LogP contribution >= 0.6 is 11.9 Å². The Hall–Kier alpha value is -1.98. The van der Waals surface area contributed by atoms with Crippen LogP contribution in [0.4, 0.5) is 4.79 Å². The first-order valence-electron chi connectivity index (χ1n) is 9.59. The van der Waals surface area contributed by atoms with Crippen molar-refractivity contribution in [2.24, 2.45) is 0 Å². The molecule has 3 rings (SSSR count). The predicted octanol–water partition coefficient (Wildman–Crippen LogP) is 4.75. The van der Waals surface area contributed by atoms with Crippen molar-refractivity contribution in [3.63, 3.8) is 0 Å². The van der Waals surface area contributed by atoms with Crippen molar-refractivity contribution < 1.29 is 9.53 Å². The first kappa shape index (κ1) is 19.8. The van der Waals surface area contributed by atoms with Gasteiger partial charge in [0.25, 0.3) is 0 Å². The highest BCUT2D eigenvalue weighted by molar-refractivity contribution is 7.96. The summed E-state index contributed by atoms with van der Waals surface area (Å²) in [5, 5.41) is 0. The molecule has 1 fully saturated rings. The third-order valence-corrected chi connectivity index (χ3v) is 5.50. The number of amides is 1. The highest BCUT2D eigenvalue weighted by atomic mass is 32.2. The molecule has 5 heteroatoms. The van der Waals surface area contributed by atoms with Gasteiger partial charge in [-0.3, -0.25) is 4.72 Å². The van der Waals surface area contributed by atoms with Crippen LogP contribution in [-0.4, -0.2) is 42.5 Å². The summed E-state index contributed by atoms with van der Waals surface area (Å²) in [5.41, 5.74) is 3.66. The smallest absolute Gasteiger partial charge is 0.410 e. The van der Waals surface area contributed by atoms with Crippen molar-refractivity contribution in [1.29, 1.82) is 0 Å². The SMILES string of the molecule is CCCOC(=O)N1CCC(NSC)C1Cc1cccc(-c2ccccc2)c1. The van der Waals surface area contributed by atoms with Gasteiger partial charge in [-0.1, -0.05) is 73.5 Å². The minimum absolute atomic E-state index is 0.104. The van der Waals surface area contributed by atoms with Gasteiger partial charge in [0.1, 0.15) is 0 Å². The van der Waals surface area contributed by atoms with Crippen molar-refractivity contribution in [1.82, 2.24) is 9.62 Å². The summed E-state index contributed by atoms with van der Waals surface area (Å²) < 4.78 is 8.88. The van der Waals surface area contributed by atoms with Crippen molar-refractivity contribution in [3.05, 3.63) is 60.2 Å². The summed E-state index contributed by atoms with van der Waals surface area (Å²) in [6, 6.07) is 19.4. The maximum atomic E-state index is 12.5. The van der Waals surface area contributed by atoms with Crippen LogP contribution in [0.2, 0.25) is 0 Å². The fraction of sp³-hybridized carbons (Fsp3) is 0.409. The summed E-state index contributed by atoms with van der Waals surface area (Å²) in [6.45, 7) is 3.23. The van der Waals surface area contributed by atoms with E-state index in [2.05, 4.69) is 53.3 Å². The van der Waals surface area contributed by atoms with E-state index in [0.717, 1.165) is 25.8 Å². The molecule has 0 spiro atoms. The van der Waals surface area contributed by atoms with E-state index in [9.17, 15) is 4.79 Å². The van der Waals surface area contributed by atoms with Crippen LogP contribution in [0.3, 0.4) is 0 Å². The fourth-order valence-electron chi connectivity index (χ4n) is 3.64. The Kier molecular flexibility index (Phi) is 7.18. The molecule has 1 aliphatic rings. The van der Waals surface area contributed by atoms with E-state index >= 15 is 0 Å². The molecule has 4 nitrogen and oxygen atoms in total. The second-order valence-electron chi connectivity index (χ2n) is 6.86. The lowest BCUT2D eigenvalue weighted by Gasteiger charge is -2.28. The number of ether oxygens (including phenoxy) is 1. The minimum Gasteiger partial charge on any atom is -0.449 e. The van der Waals surface area contributed by atoms with Gasteiger partial charge in [0.05, 0.1) is 12.6 Å². The molecule has 0 radical (unpaired) electrons. The Morgan fingerprint density at radius 1 is 1.19 bits per heavy atom. The number of hydrogen-bond donors (Lipinski definition) is 1. The number of hydrogen-bond acceptors (Lipinski definition) is 4. The molecular formula is C22H28N2O2S. The number of rotatable bonds is 7. The largest absolute Gasteiger partial charge is 0.449 e. The van der Waals surface area contributed by atoms with E-state index in [4.69, 9.17) is 4.74 Å². The molecule has 1 amide bonds. The quantitative estimate of drug-likeness (QED) is 0.699. The lowest BCUT2D eigenvalue weighted by Crippen LogP contribution is -2.44. The molecule has 1 aliphatic heterocycles. The second kappa shape index (κ2) is 9.81. The van der Waals surface area contributed by atoms with Gasteiger partial charge in [0.15, 0.2) is 0 Å². The van der Waals surface area contributed by atoms with Crippen LogP contribution in [0.5, 0.6) is 0 Å². The summed E-state index contributed by atoms with van der Waals surface area (Å²) in [6.07, 6.45) is 4.46. The molecule has 2 aromatic rings. The van der Waals surface area contributed by atoms with E-state index in [1.54, 1.807) is 11.9 Å². The molecule has 2 atom stereocenters. The maximum Gasteiger partial charge on any atom is 0.410 e. The van der Waals surface area contributed by atoms with Crippen molar-refractivity contribution in [2.75, 3.05) is 19.4 Å². The van der Waals surface area contributed by atoms with Crippen molar-refractivity contribution >= 4 is 18.0 Å². The normalized spacial score (nSPS) is 19.3. The average Bonchev–Trinajstić information content (AvgIpc) is 3.10. The number of nitrogens with zero attached hydrogens (tertiary/aromatic N) is 1. The molecule has 2 aromatic carbocycles. The van der Waals surface area contributed by atoms with Crippen LogP contribution < -0.4 is 4.72 Å². The first-order chi connectivity index (χ1) is 13.2. The number of nitrogens with one attached hydrogen (secondary N) is 1. The minimum atomic E-state index is -0.188. The summed E-state index contributed by atoms with van der Waals surface area (Å²) in [4.78, 5) is 14.4. The lowest BCUT2D eigenvalue weighted by molar-refractivity contribution is 0.0965. The highest BCUT2D eigenvalue weighted by Crippen LogP contribution is 2.26.